The minimum atomic E-state index is -5.06. The van der Waals surface area contributed by atoms with Crippen molar-refractivity contribution in [3.8, 4) is 11.5 Å². The monoisotopic (exact) mass is 443 g/mol. The van der Waals surface area contributed by atoms with E-state index in [4.69, 9.17) is 25.8 Å². The van der Waals surface area contributed by atoms with Crippen LogP contribution in [0.5, 0.6) is 11.5 Å². The predicted octanol–water partition coefficient (Wildman–Crippen LogP) is 3.99. The smallest absolute Gasteiger partial charge is 0.424 e. The maximum absolute atomic E-state index is 13.7. The fourth-order valence-electron chi connectivity index (χ4n) is 3.10. The van der Waals surface area contributed by atoms with Gasteiger partial charge in [0, 0.05) is 35.6 Å². The number of urea groups is 1. The number of benzene rings is 2. The molecule has 2 N–H and O–H groups in total. The Labute approximate surface area is 174 Å². The highest BCUT2D eigenvalue weighted by Gasteiger charge is 2.65. The summed E-state index contributed by atoms with van der Waals surface area (Å²) in [4.78, 5) is 14.4. The number of alkyl halides is 3. The van der Waals surface area contributed by atoms with E-state index >= 15 is 0 Å². The quantitative estimate of drug-likeness (QED) is 0.750. The molecule has 11 heteroatoms. The zero-order valence-corrected chi connectivity index (χ0v) is 16.2. The number of ether oxygens (including phenoxy) is 3. The van der Waals surface area contributed by atoms with Gasteiger partial charge in [0.1, 0.15) is 0 Å². The van der Waals surface area contributed by atoms with E-state index in [0.29, 0.717) is 18.9 Å². The zero-order chi connectivity index (χ0) is 21.4. The van der Waals surface area contributed by atoms with Crippen LogP contribution in [-0.2, 0) is 4.74 Å². The van der Waals surface area contributed by atoms with Crippen LogP contribution in [0.4, 0.5) is 29.3 Å². The highest BCUT2D eigenvalue weighted by molar-refractivity contribution is 6.30. The molecule has 7 nitrogen and oxygen atoms in total. The SMILES string of the molecule is O=C(Nc1ccc(N2CCOCC2)cc1)N[C@]1(C(F)(F)F)Oc2ccc(Cl)cc2O1. The largest absolute Gasteiger partial charge is 0.492 e. The van der Waals surface area contributed by atoms with Crippen LogP contribution in [-0.4, -0.2) is 44.4 Å². The molecule has 2 aliphatic rings. The number of hydrogen-bond donors (Lipinski definition) is 2. The lowest BCUT2D eigenvalue weighted by Gasteiger charge is -2.30. The first-order valence-corrected chi connectivity index (χ1v) is 9.40. The molecular weight excluding hydrogens is 427 g/mol. The Bertz CT molecular complexity index is 936. The molecule has 0 aliphatic carbocycles. The summed E-state index contributed by atoms with van der Waals surface area (Å²) in [5, 5.41) is 4.26. The summed E-state index contributed by atoms with van der Waals surface area (Å²) in [6.45, 7) is 2.71. The highest BCUT2D eigenvalue weighted by Crippen LogP contribution is 2.46. The molecule has 1 fully saturated rings. The highest BCUT2D eigenvalue weighted by atomic mass is 35.5. The van der Waals surface area contributed by atoms with Crippen molar-refractivity contribution in [2.45, 2.75) is 12.1 Å². The van der Waals surface area contributed by atoms with Crippen molar-refractivity contribution < 1.29 is 32.2 Å². The number of halogens is 4. The number of fused-ring (bicyclic) bond motifs is 1. The van der Waals surface area contributed by atoms with Gasteiger partial charge in [0.05, 0.1) is 13.2 Å². The van der Waals surface area contributed by atoms with Crippen LogP contribution >= 0.6 is 11.6 Å². The first kappa shape index (κ1) is 20.4. The summed E-state index contributed by atoms with van der Waals surface area (Å²) >= 11 is 5.79. The van der Waals surface area contributed by atoms with Gasteiger partial charge < -0.3 is 24.4 Å². The molecule has 2 aromatic rings. The normalized spacial score (nSPS) is 20.7. The van der Waals surface area contributed by atoms with Crippen LogP contribution in [0, 0.1) is 0 Å². The second kappa shape index (κ2) is 7.77. The lowest BCUT2D eigenvalue weighted by atomic mass is 10.2. The van der Waals surface area contributed by atoms with Crippen molar-refractivity contribution in [2.75, 3.05) is 36.5 Å². The van der Waals surface area contributed by atoms with E-state index < -0.39 is 18.1 Å². The second-order valence-electron chi connectivity index (χ2n) is 6.63. The van der Waals surface area contributed by atoms with Crippen molar-refractivity contribution in [3.63, 3.8) is 0 Å². The van der Waals surface area contributed by atoms with Gasteiger partial charge in [-0.05, 0) is 36.4 Å². The maximum Gasteiger partial charge on any atom is 0.492 e. The standard InChI is InChI=1S/C19H17ClF3N3O4/c20-12-1-6-15-16(11-12)30-19(29-15,18(21,22)23)25-17(27)24-13-2-4-14(5-3-13)26-7-9-28-10-8-26/h1-6,11H,7-10H2,(H2,24,25,27)/t19-/m1/s1. The van der Waals surface area contributed by atoms with Gasteiger partial charge in [-0.3, -0.25) is 5.32 Å². The Morgan fingerprint density at radius 1 is 1.03 bits per heavy atom. The molecule has 0 unspecified atom stereocenters. The molecule has 2 aromatic carbocycles. The van der Waals surface area contributed by atoms with Gasteiger partial charge in [0.25, 0.3) is 0 Å². The lowest BCUT2D eigenvalue weighted by molar-refractivity contribution is -0.317. The molecule has 30 heavy (non-hydrogen) atoms. The molecule has 2 amide bonds. The number of carbonyl (C=O) groups excluding carboxylic acids is 1. The average Bonchev–Trinajstić information content (AvgIpc) is 3.07. The molecule has 2 heterocycles. The van der Waals surface area contributed by atoms with Gasteiger partial charge in [-0.2, -0.15) is 13.2 Å². The summed E-state index contributed by atoms with van der Waals surface area (Å²) < 4.78 is 56.2. The van der Waals surface area contributed by atoms with Gasteiger partial charge in [0.2, 0.25) is 0 Å². The molecule has 0 saturated carbocycles. The first-order valence-electron chi connectivity index (χ1n) is 9.02. The van der Waals surface area contributed by atoms with E-state index in [1.807, 2.05) is 0 Å². The molecule has 0 bridgehead atoms. The van der Waals surface area contributed by atoms with Gasteiger partial charge >= 0.3 is 18.1 Å². The Hall–Kier alpha value is -2.85. The Kier molecular flexibility index (Phi) is 5.29. The summed E-state index contributed by atoms with van der Waals surface area (Å²) in [7, 11) is 0. The van der Waals surface area contributed by atoms with E-state index in [9.17, 15) is 18.0 Å². The maximum atomic E-state index is 13.7. The Morgan fingerprint density at radius 2 is 1.70 bits per heavy atom. The molecule has 4 rings (SSSR count). The molecule has 0 radical (unpaired) electrons. The number of nitrogens with zero attached hydrogens (tertiary/aromatic N) is 1. The number of anilines is 2. The van der Waals surface area contributed by atoms with Crippen molar-refractivity contribution in [1.82, 2.24) is 5.32 Å². The Balaban J connectivity index is 1.45. The number of amides is 2. The topological polar surface area (TPSA) is 72.1 Å². The number of carbonyl (C=O) groups is 1. The third-order valence-electron chi connectivity index (χ3n) is 4.57. The van der Waals surface area contributed by atoms with Crippen molar-refractivity contribution >= 4 is 29.0 Å². The van der Waals surface area contributed by atoms with Crippen LogP contribution in [0.1, 0.15) is 0 Å². The Morgan fingerprint density at radius 3 is 2.37 bits per heavy atom. The molecule has 1 atom stereocenters. The van der Waals surface area contributed by atoms with E-state index in [2.05, 4.69) is 10.2 Å². The molecular formula is C19H17ClF3N3O4. The summed E-state index contributed by atoms with van der Waals surface area (Å²) in [5.74, 6) is -3.78. The molecule has 0 spiro atoms. The molecule has 160 valence electrons. The predicted molar refractivity (Wildman–Crippen MR) is 103 cm³/mol. The van der Waals surface area contributed by atoms with E-state index in [1.54, 1.807) is 29.6 Å². The van der Waals surface area contributed by atoms with Gasteiger partial charge in [-0.25, -0.2) is 4.79 Å². The van der Waals surface area contributed by atoms with Gasteiger partial charge in [-0.15, -0.1) is 0 Å². The third kappa shape index (κ3) is 4.05. The summed E-state index contributed by atoms with van der Waals surface area (Å²) in [6.07, 6.45) is -5.06. The second-order valence-corrected chi connectivity index (χ2v) is 7.07. The molecule has 2 aliphatic heterocycles. The number of morpholine rings is 1. The average molecular weight is 444 g/mol. The molecule has 0 aromatic heterocycles. The minimum Gasteiger partial charge on any atom is -0.424 e. The summed E-state index contributed by atoms with van der Waals surface area (Å²) in [6, 6.07) is 9.33. The third-order valence-corrected chi connectivity index (χ3v) is 4.80. The van der Waals surface area contributed by atoms with Crippen LogP contribution in [0.3, 0.4) is 0 Å². The van der Waals surface area contributed by atoms with E-state index in [1.165, 1.54) is 18.2 Å². The lowest BCUT2D eigenvalue weighted by Crippen LogP contribution is -2.65. The first-order chi connectivity index (χ1) is 14.3. The van der Waals surface area contributed by atoms with E-state index in [-0.39, 0.29) is 16.5 Å². The van der Waals surface area contributed by atoms with Gasteiger partial charge in [-0.1, -0.05) is 11.6 Å². The van der Waals surface area contributed by atoms with E-state index in [0.717, 1.165) is 18.8 Å². The van der Waals surface area contributed by atoms with Crippen LogP contribution in [0.15, 0.2) is 42.5 Å². The number of rotatable bonds is 3. The van der Waals surface area contributed by atoms with Crippen molar-refractivity contribution in [2.24, 2.45) is 0 Å². The minimum absolute atomic E-state index is 0.167. The van der Waals surface area contributed by atoms with Crippen LogP contribution < -0.4 is 25.0 Å². The number of hydrogen-bond acceptors (Lipinski definition) is 5. The zero-order valence-electron chi connectivity index (χ0n) is 15.5. The van der Waals surface area contributed by atoms with Gasteiger partial charge in [0.15, 0.2) is 11.5 Å². The fourth-order valence-corrected chi connectivity index (χ4v) is 3.27. The summed E-state index contributed by atoms with van der Waals surface area (Å²) in [5.41, 5.74) is 1.23. The number of nitrogens with one attached hydrogen (secondary N) is 2. The van der Waals surface area contributed by atoms with Crippen LogP contribution in [0.2, 0.25) is 5.02 Å². The fraction of sp³-hybridized carbons (Fsp3) is 0.316. The van der Waals surface area contributed by atoms with Crippen molar-refractivity contribution in [3.05, 3.63) is 47.5 Å². The van der Waals surface area contributed by atoms with Crippen molar-refractivity contribution in [1.29, 1.82) is 0 Å². The molecule has 1 saturated heterocycles. The van der Waals surface area contributed by atoms with Crippen LogP contribution in [0.25, 0.3) is 0 Å².